The number of phenolic OH excluding ortho intramolecular Hbond substituents is 1. The molecule has 6 rings (SSSR count). The molecule has 0 bridgehead atoms. The maximum Gasteiger partial charge on any atom is 0.331 e. The molecule has 6 nitrogen and oxygen atoms in total. The van der Waals surface area contributed by atoms with Crippen molar-refractivity contribution in [2.45, 2.75) is 106 Å². The molecule has 3 unspecified atom stereocenters. The van der Waals surface area contributed by atoms with E-state index in [9.17, 15) is 24.6 Å². The van der Waals surface area contributed by atoms with Crippen LogP contribution in [-0.4, -0.2) is 34.0 Å². The van der Waals surface area contributed by atoms with Crippen LogP contribution >= 0.6 is 0 Å². The van der Waals surface area contributed by atoms with Crippen LogP contribution in [0.15, 0.2) is 42.0 Å². The first-order valence-electron chi connectivity index (χ1n) is 17.2. The highest BCUT2D eigenvalue weighted by Crippen LogP contribution is 2.75. The van der Waals surface area contributed by atoms with Gasteiger partial charge in [0.15, 0.2) is 5.78 Å². The third kappa shape index (κ3) is 4.51. The van der Waals surface area contributed by atoms with Crippen LogP contribution in [0.25, 0.3) is 6.08 Å². The average molecular weight is 617 g/mol. The second kappa shape index (κ2) is 10.6. The van der Waals surface area contributed by atoms with E-state index in [1.807, 2.05) is 0 Å². The van der Waals surface area contributed by atoms with Gasteiger partial charge in [0.2, 0.25) is 0 Å². The number of phenols is 1. The summed E-state index contributed by atoms with van der Waals surface area (Å²) < 4.78 is 5.94. The molecule has 2 N–H and O–H groups in total. The van der Waals surface area contributed by atoms with E-state index in [2.05, 4.69) is 47.6 Å². The Kier molecular flexibility index (Phi) is 7.53. The van der Waals surface area contributed by atoms with Gasteiger partial charge in [-0.05, 0) is 133 Å². The molecule has 0 aliphatic heterocycles. The Hall–Kier alpha value is -2.89. The largest absolute Gasteiger partial charge is 0.508 e. The van der Waals surface area contributed by atoms with Gasteiger partial charge < -0.3 is 14.9 Å². The van der Waals surface area contributed by atoms with Crippen molar-refractivity contribution in [3.05, 3.63) is 47.6 Å². The van der Waals surface area contributed by atoms with Crippen molar-refractivity contribution in [3.63, 3.8) is 0 Å². The van der Waals surface area contributed by atoms with Crippen molar-refractivity contribution < 1.29 is 29.3 Å². The molecule has 1 aromatic rings. The molecule has 45 heavy (non-hydrogen) atoms. The van der Waals surface area contributed by atoms with Crippen LogP contribution in [0, 0.1) is 56.7 Å². The predicted octanol–water partition coefficient (Wildman–Crippen LogP) is 8.24. The lowest BCUT2D eigenvalue weighted by Crippen LogP contribution is -2.68. The Labute approximate surface area is 268 Å². The van der Waals surface area contributed by atoms with Gasteiger partial charge in [-0.1, -0.05) is 59.2 Å². The summed E-state index contributed by atoms with van der Waals surface area (Å²) in [5.74, 6) is -0.248. The number of aliphatic carboxylic acids is 1. The predicted molar refractivity (Wildman–Crippen MR) is 174 cm³/mol. The summed E-state index contributed by atoms with van der Waals surface area (Å²) in [4.78, 5) is 40.8. The Morgan fingerprint density at radius 2 is 1.60 bits per heavy atom. The molecular weight excluding hydrogens is 564 g/mol. The van der Waals surface area contributed by atoms with E-state index < -0.39 is 28.9 Å². The van der Waals surface area contributed by atoms with Crippen molar-refractivity contribution in [1.82, 2.24) is 0 Å². The molecule has 0 spiro atoms. The van der Waals surface area contributed by atoms with Crippen LogP contribution in [-0.2, 0) is 19.1 Å². The smallest absolute Gasteiger partial charge is 0.331 e. The summed E-state index contributed by atoms with van der Waals surface area (Å²) in [7, 11) is 0. The molecule has 0 heterocycles. The first kappa shape index (κ1) is 32.1. The maximum atomic E-state index is 14.6. The van der Waals surface area contributed by atoms with Crippen LogP contribution in [0.1, 0.15) is 105 Å². The van der Waals surface area contributed by atoms with Gasteiger partial charge in [-0.15, -0.1) is 0 Å². The summed E-state index contributed by atoms with van der Waals surface area (Å²) in [6.45, 7) is 15.9. The molecule has 244 valence electrons. The molecule has 5 aliphatic carbocycles. The van der Waals surface area contributed by atoms with Crippen LogP contribution in [0.5, 0.6) is 5.75 Å². The lowest BCUT2D eigenvalue weighted by atomic mass is 9.33. The third-order valence-electron chi connectivity index (χ3n) is 14.8. The molecule has 4 fully saturated rings. The van der Waals surface area contributed by atoms with Crippen LogP contribution in [0.3, 0.4) is 0 Å². The summed E-state index contributed by atoms with van der Waals surface area (Å²) in [5.41, 5.74) is 0.103. The monoisotopic (exact) mass is 616 g/mol. The Morgan fingerprint density at radius 1 is 0.911 bits per heavy atom. The highest BCUT2D eigenvalue weighted by Gasteiger charge is 2.72. The van der Waals surface area contributed by atoms with E-state index in [1.54, 1.807) is 37.3 Å². The number of ketones is 1. The lowest BCUT2D eigenvalue weighted by molar-refractivity contribution is -0.220. The van der Waals surface area contributed by atoms with Gasteiger partial charge in [0, 0.05) is 12.0 Å². The fourth-order valence-electron chi connectivity index (χ4n) is 11.7. The fourth-order valence-corrected chi connectivity index (χ4v) is 11.7. The number of carbonyl (C=O) groups excluding carboxylic acids is 2. The number of ether oxygens (including phenoxy) is 1. The lowest BCUT2D eigenvalue weighted by Gasteiger charge is -2.70. The first-order valence-corrected chi connectivity index (χ1v) is 17.2. The minimum atomic E-state index is -1.32. The van der Waals surface area contributed by atoms with Gasteiger partial charge in [0.1, 0.15) is 17.3 Å². The standard InChI is InChI=1S/C39H52O6/c1-23-14-17-35(3)20-21-37(5)27(32(35)24(23)2)22-28(41)33-36(4)18-16-30(39(7,34(43)44)29(36)15-19-38(33,37)6)45-31(42)13-10-25-8-11-26(40)12-9-25/h8-13,22-24,29-30,32-33,40H,14-21H2,1-7H3,(H,43,44)/t23-,24+,29?,30-,32?,33?,35-,36+,37-,38-,39-/m1/s1. The molecule has 0 aromatic heterocycles. The van der Waals surface area contributed by atoms with E-state index in [0.29, 0.717) is 37.0 Å². The normalized spacial score (nSPS) is 45.8. The van der Waals surface area contributed by atoms with Crippen molar-refractivity contribution in [2.24, 2.45) is 56.7 Å². The number of benzene rings is 1. The number of esters is 1. The SMILES string of the molecule is C[C@@H]1CC[C@]2(C)CC[C@]3(C)C(=CC(=O)C4[C@@]5(C)CC[C@@H](OC(=O)C=Cc6ccc(O)cc6)[C@](C)(C(=O)O)C5CC[C@]43C)C2[C@H]1C. The van der Waals surface area contributed by atoms with Crippen LogP contribution < -0.4 is 0 Å². The Balaban J connectivity index is 1.33. The molecular formula is C39H52O6. The van der Waals surface area contributed by atoms with Gasteiger partial charge >= 0.3 is 11.9 Å². The molecule has 1 aromatic carbocycles. The van der Waals surface area contributed by atoms with Gasteiger partial charge in [-0.25, -0.2) is 4.79 Å². The van der Waals surface area contributed by atoms with E-state index in [-0.39, 0.29) is 39.6 Å². The number of aromatic hydroxyl groups is 1. The van der Waals surface area contributed by atoms with Crippen molar-refractivity contribution >= 4 is 23.8 Å². The van der Waals surface area contributed by atoms with Gasteiger partial charge in [-0.2, -0.15) is 0 Å². The summed E-state index contributed by atoms with van der Waals surface area (Å²) >= 11 is 0. The number of carbonyl (C=O) groups is 3. The van der Waals surface area contributed by atoms with Crippen molar-refractivity contribution in [2.75, 3.05) is 0 Å². The van der Waals surface area contributed by atoms with E-state index in [1.165, 1.54) is 30.9 Å². The van der Waals surface area contributed by atoms with E-state index in [4.69, 9.17) is 4.74 Å². The summed E-state index contributed by atoms with van der Waals surface area (Å²) in [6, 6.07) is 6.46. The number of hydrogen-bond donors (Lipinski definition) is 2. The van der Waals surface area contributed by atoms with Crippen molar-refractivity contribution in [3.8, 4) is 5.75 Å². The number of carboxylic acids is 1. The zero-order valence-corrected chi connectivity index (χ0v) is 28.2. The molecule has 0 saturated heterocycles. The molecule has 6 heteroatoms. The number of hydrogen-bond acceptors (Lipinski definition) is 5. The molecule has 4 saturated carbocycles. The second-order valence-corrected chi connectivity index (χ2v) is 16.8. The number of allylic oxidation sites excluding steroid dienone is 2. The van der Waals surface area contributed by atoms with Crippen molar-refractivity contribution in [1.29, 1.82) is 0 Å². The highest BCUT2D eigenvalue weighted by atomic mass is 16.5. The zero-order chi connectivity index (χ0) is 32.7. The average Bonchev–Trinajstić information content (AvgIpc) is 2.97. The minimum Gasteiger partial charge on any atom is -0.508 e. The third-order valence-corrected chi connectivity index (χ3v) is 14.8. The second-order valence-electron chi connectivity index (χ2n) is 16.8. The Bertz CT molecular complexity index is 1460. The van der Waals surface area contributed by atoms with Crippen LogP contribution in [0.2, 0.25) is 0 Å². The van der Waals surface area contributed by atoms with E-state index in [0.717, 1.165) is 18.4 Å². The quantitative estimate of drug-likeness (QED) is 0.261. The van der Waals surface area contributed by atoms with Gasteiger partial charge in [-0.3, -0.25) is 9.59 Å². The number of carboxylic acid groups (broad SMARTS) is 1. The molecule has 5 aliphatic rings. The zero-order valence-electron chi connectivity index (χ0n) is 28.2. The van der Waals surface area contributed by atoms with Gasteiger partial charge in [0.05, 0.1) is 0 Å². The minimum absolute atomic E-state index is 0.114. The summed E-state index contributed by atoms with van der Waals surface area (Å²) in [5, 5.41) is 20.3. The van der Waals surface area contributed by atoms with E-state index >= 15 is 0 Å². The summed E-state index contributed by atoms with van der Waals surface area (Å²) in [6.07, 6.45) is 11.4. The maximum absolute atomic E-state index is 14.6. The molecule has 0 radical (unpaired) electrons. The first-order chi connectivity index (χ1) is 21.0. The fraction of sp³-hybridized carbons (Fsp3) is 0.667. The Morgan fingerprint density at radius 3 is 2.27 bits per heavy atom. The van der Waals surface area contributed by atoms with Crippen LogP contribution in [0.4, 0.5) is 0 Å². The number of fused-ring (bicyclic) bond motifs is 7. The molecule has 11 atom stereocenters. The highest BCUT2D eigenvalue weighted by molar-refractivity contribution is 5.96. The number of rotatable bonds is 4. The van der Waals surface area contributed by atoms with Gasteiger partial charge in [0.25, 0.3) is 0 Å². The molecule has 0 amide bonds. The topological polar surface area (TPSA) is 101 Å².